The number of aromatic nitrogens is 4. The predicted octanol–water partition coefficient (Wildman–Crippen LogP) is -1.28. The standard InChI is InChI=1S/C18H31N7O11P2/c19-5-3-1-2-4-6-20-12(26)7-21-16-13-17(23-9-22-16)25(10-24-13)18-15(28)14(27)11(35-18)8-34-38(32,33)36-37(29,30)31/h9-11,14-15,18,27-28H,1-8,19H2,(H,20,26)(H,32,33)(H,21,22,23)(H2,29,30,31)/t11-,14?,15+,18-/m1/s1. The van der Waals surface area contributed by atoms with E-state index in [2.05, 4.69) is 34.4 Å². The molecule has 0 saturated carbocycles. The Balaban J connectivity index is 1.60. The van der Waals surface area contributed by atoms with Gasteiger partial charge in [-0.15, -0.1) is 0 Å². The zero-order valence-electron chi connectivity index (χ0n) is 20.1. The van der Waals surface area contributed by atoms with Crippen LogP contribution in [0.1, 0.15) is 31.9 Å². The van der Waals surface area contributed by atoms with E-state index in [4.69, 9.17) is 20.3 Å². The fourth-order valence-electron chi connectivity index (χ4n) is 3.67. The van der Waals surface area contributed by atoms with Crippen LogP contribution in [0.2, 0.25) is 0 Å². The van der Waals surface area contributed by atoms with Crippen molar-refractivity contribution in [1.82, 2.24) is 24.8 Å². The van der Waals surface area contributed by atoms with E-state index in [0.29, 0.717) is 13.1 Å². The molecule has 1 saturated heterocycles. The summed E-state index contributed by atoms with van der Waals surface area (Å²) in [5.74, 6) is -0.0185. The molecule has 0 spiro atoms. The average Bonchev–Trinajstić information content (AvgIpc) is 3.38. The van der Waals surface area contributed by atoms with Gasteiger partial charge in [0.05, 0.1) is 19.5 Å². The number of aliphatic hydroxyl groups is 2. The van der Waals surface area contributed by atoms with Crippen molar-refractivity contribution < 1.29 is 52.4 Å². The smallest absolute Gasteiger partial charge is 0.387 e. The first-order chi connectivity index (χ1) is 17.9. The van der Waals surface area contributed by atoms with Gasteiger partial charge < -0.3 is 46.0 Å². The molecule has 214 valence electrons. The lowest BCUT2D eigenvalue weighted by molar-refractivity contribution is -0.119. The summed E-state index contributed by atoms with van der Waals surface area (Å²) in [5.41, 5.74) is 5.87. The molecule has 1 fully saturated rings. The highest BCUT2D eigenvalue weighted by Crippen LogP contribution is 2.57. The average molecular weight is 583 g/mol. The quantitative estimate of drug-likeness (QED) is 0.0895. The third kappa shape index (κ3) is 8.46. The summed E-state index contributed by atoms with van der Waals surface area (Å²) in [6.45, 7) is 0.241. The van der Waals surface area contributed by atoms with Gasteiger partial charge in [0.1, 0.15) is 24.6 Å². The second-order valence-corrected chi connectivity index (χ2v) is 11.2. The number of nitrogens with two attached hydrogens (primary N) is 1. The Morgan fingerprint density at radius 2 is 1.84 bits per heavy atom. The minimum Gasteiger partial charge on any atom is -0.387 e. The van der Waals surface area contributed by atoms with Crippen LogP contribution in [-0.2, 0) is 27.5 Å². The maximum absolute atomic E-state index is 12.1. The number of aliphatic hydroxyl groups excluding tert-OH is 2. The van der Waals surface area contributed by atoms with E-state index in [1.54, 1.807) is 0 Å². The normalized spacial score (nSPS) is 23.4. The molecule has 1 amide bonds. The molecule has 18 nitrogen and oxygen atoms in total. The van der Waals surface area contributed by atoms with Crippen LogP contribution in [0.5, 0.6) is 0 Å². The number of hydrogen-bond acceptors (Lipinski definition) is 13. The third-order valence-electron chi connectivity index (χ3n) is 5.45. The summed E-state index contributed by atoms with van der Waals surface area (Å²) < 4.78 is 37.4. The molecule has 2 aromatic rings. The van der Waals surface area contributed by atoms with Crippen molar-refractivity contribution >= 4 is 38.5 Å². The number of fused-ring (bicyclic) bond motifs is 1. The van der Waals surface area contributed by atoms with Crippen molar-refractivity contribution in [3.63, 3.8) is 0 Å². The first-order valence-electron chi connectivity index (χ1n) is 11.6. The molecule has 20 heteroatoms. The van der Waals surface area contributed by atoms with Gasteiger partial charge in [0.25, 0.3) is 0 Å². The van der Waals surface area contributed by atoms with Crippen LogP contribution < -0.4 is 16.4 Å². The van der Waals surface area contributed by atoms with E-state index < -0.39 is 46.8 Å². The minimum atomic E-state index is -5.34. The molecule has 1 aliphatic heterocycles. The van der Waals surface area contributed by atoms with Crippen LogP contribution in [0.4, 0.5) is 5.82 Å². The SMILES string of the molecule is NCCCCCCNC(=O)CNc1ncnc2c1ncn2[C@@H]1O[C@H](COP(=O)(O)OP(=O)(O)O)C(O)[C@@H]1O. The van der Waals surface area contributed by atoms with Crippen LogP contribution in [-0.4, -0.2) is 94.9 Å². The zero-order valence-corrected chi connectivity index (χ0v) is 21.9. The Morgan fingerprint density at radius 1 is 1.11 bits per heavy atom. The van der Waals surface area contributed by atoms with Gasteiger partial charge in [-0.05, 0) is 19.4 Å². The number of amides is 1. The molecule has 0 aromatic carbocycles. The predicted molar refractivity (Wildman–Crippen MR) is 129 cm³/mol. The van der Waals surface area contributed by atoms with Crippen molar-refractivity contribution in [1.29, 1.82) is 0 Å². The molecule has 9 N–H and O–H groups in total. The Morgan fingerprint density at radius 3 is 2.55 bits per heavy atom. The summed E-state index contributed by atoms with van der Waals surface area (Å²) in [6, 6.07) is 0. The highest BCUT2D eigenvalue weighted by atomic mass is 31.3. The van der Waals surface area contributed by atoms with Gasteiger partial charge in [-0.25, -0.2) is 24.1 Å². The number of nitrogens with one attached hydrogen (secondary N) is 2. The maximum atomic E-state index is 12.1. The van der Waals surface area contributed by atoms with Crippen LogP contribution in [0.15, 0.2) is 12.7 Å². The summed E-state index contributed by atoms with van der Waals surface area (Å²) in [5, 5.41) is 26.5. The second-order valence-electron chi connectivity index (χ2n) is 8.34. The fourth-order valence-corrected chi connectivity index (χ4v) is 5.27. The molecule has 3 heterocycles. The highest BCUT2D eigenvalue weighted by Gasteiger charge is 2.46. The molecule has 0 bridgehead atoms. The van der Waals surface area contributed by atoms with Gasteiger partial charge in [0.15, 0.2) is 23.2 Å². The first kappa shape index (κ1) is 30.5. The molecule has 0 radical (unpaired) electrons. The largest absolute Gasteiger partial charge is 0.481 e. The first-order valence-corrected chi connectivity index (χ1v) is 14.6. The van der Waals surface area contributed by atoms with E-state index in [1.807, 2.05) is 0 Å². The van der Waals surface area contributed by atoms with Crippen molar-refractivity contribution in [2.75, 3.05) is 31.6 Å². The number of anilines is 1. The van der Waals surface area contributed by atoms with Gasteiger partial charge in [-0.1, -0.05) is 12.8 Å². The van der Waals surface area contributed by atoms with Crippen LogP contribution in [0, 0.1) is 0 Å². The van der Waals surface area contributed by atoms with Crippen molar-refractivity contribution in [3.8, 4) is 0 Å². The number of imidazole rings is 1. The van der Waals surface area contributed by atoms with E-state index in [9.17, 15) is 29.0 Å². The lowest BCUT2D eigenvalue weighted by atomic mass is 10.1. The topological polar surface area (TPSA) is 274 Å². The summed E-state index contributed by atoms with van der Waals surface area (Å²) in [6.07, 6.45) is 0.358. The summed E-state index contributed by atoms with van der Waals surface area (Å²) in [4.78, 5) is 51.3. The highest BCUT2D eigenvalue weighted by molar-refractivity contribution is 7.60. The Labute approximate surface area is 216 Å². The van der Waals surface area contributed by atoms with Crippen molar-refractivity contribution in [2.24, 2.45) is 5.73 Å². The lowest BCUT2D eigenvalue weighted by Crippen LogP contribution is -2.33. The number of carbonyl (C=O) groups is 1. The molecule has 2 unspecified atom stereocenters. The molecule has 3 rings (SSSR count). The van der Waals surface area contributed by atoms with Gasteiger partial charge in [-0.3, -0.25) is 13.9 Å². The van der Waals surface area contributed by atoms with Gasteiger partial charge in [-0.2, -0.15) is 4.31 Å². The number of carbonyl (C=O) groups excluding carboxylic acids is 1. The number of phosphoric ester groups is 1. The Hall–Kier alpha value is -2.08. The second kappa shape index (κ2) is 13.3. The molecule has 2 aromatic heterocycles. The van der Waals surface area contributed by atoms with Crippen LogP contribution in [0.3, 0.4) is 0 Å². The lowest BCUT2D eigenvalue weighted by Gasteiger charge is -2.17. The van der Waals surface area contributed by atoms with E-state index in [1.165, 1.54) is 17.2 Å². The minimum absolute atomic E-state index is 0.0830. The molecule has 1 aliphatic rings. The fraction of sp³-hybridized carbons (Fsp3) is 0.667. The number of phosphoric acid groups is 2. The maximum Gasteiger partial charge on any atom is 0.481 e. The molecular weight excluding hydrogens is 552 g/mol. The van der Waals surface area contributed by atoms with Crippen molar-refractivity contribution in [2.45, 2.75) is 50.2 Å². The molecule has 38 heavy (non-hydrogen) atoms. The molecule has 0 aliphatic carbocycles. The molecular formula is C18H31N7O11P2. The number of ether oxygens (including phenoxy) is 1. The van der Waals surface area contributed by atoms with E-state index in [0.717, 1.165) is 25.7 Å². The molecule has 5 atom stereocenters. The monoisotopic (exact) mass is 583 g/mol. The Kier molecular flexibility index (Phi) is 10.7. The third-order valence-corrected chi connectivity index (χ3v) is 7.60. The van der Waals surface area contributed by atoms with Crippen LogP contribution >= 0.6 is 15.6 Å². The van der Waals surface area contributed by atoms with E-state index >= 15 is 0 Å². The number of hydrogen-bond donors (Lipinski definition) is 8. The zero-order chi connectivity index (χ0) is 27.9. The van der Waals surface area contributed by atoms with Crippen LogP contribution in [0.25, 0.3) is 11.2 Å². The summed E-state index contributed by atoms with van der Waals surface area (Å²) in [7, 11) is -10.5. The van der Waals surface area contributed by atoms with E-state index in [-0.39, 0.29) is 29.4 Å². The number of rotatable bonds is 15. The number of nitrogens with zero attached hydrogens (tertiary/aromatic N) is 4. The van der Waals surface area contributed by atoms with Gasteiger partial charge in [0, 0.05) is 6.54 Å². The Bertz CT molecular complexity index is 1180. The van der Waals surface area contributed by atoms with Gasteiger partial charge in [0.2, 0.25) is 5.91 Å². The van der Waals surface area contributed by atoms with Crippen molar-refractivity contribution in [3.05, 3.63) is 12.7 Å². The number of unbranched alkanes of at least 4 members (excludes halogenated alkanes) is 3. The van der Waals surface area contributed by atoms with Gasteiger partial charge >= 0.3 is 15.6 Å². The summed E-state index contributed by atoms with van der Waals surface area (Å²) >= 11 is 0.